The van der Waals surface area contributed by atoms with E-state index >= 15 is 0 Å². The van der Waals surface area contributed by atoms with Gasteiger partial charge in [0.15, 0.2) is 0 Å². The maximum atomic E-state index is 12.9. The standard InChI is InChI=1S/C17H27N5O3/c1-12(23)21-9-6-13(7-10-21)16(24)19(2)14-4-5-15-18-20(3)17(25)22(15)11-8-14/h13-14H,4-11H2,1-3H3. The molecule has 0 radical (unpaired) electrons. The van der Waals surface area contributed by atoms with Crippen LogP contribution in [0.15, 0.2) is 4.79 Å². The molecule has 1 fully saturated rings. The second kappa shape index (κ2) is 7.01. The summed E-state index contributed by atoms with van der Waals surface area (Å²) in [4.78, 5) is 40.0. The Morgan fingerprint density at radius 2 is 1.80 bits per heavy atom. The lowest BCUT2D eigenvalue weighted by molar-refractivity contribution is -0.140. The number of carbonyl (C=O) groups is 2. The topological polar surface area (TPSA) is 80.4 Å². The number of hydrogen-bond acceptors (Lipinski definition) is 4. The highest BCUT2D eigenvalue weighted by Gasteiger charge is 2.32. The highest BCUT2D eigenvalue weighted by Crippen LogP contribution is 2.23. The van der Waals surface area contributed by atoms with E-state index in [0.717, 1.165) is 31.5 Å². The van der Waals surface area contributed by atoms with Crippen molar-refractivity contribution in [2.24, 2.45) is 13.0 Å². The van der Waals surface area contributed by atoms with E-state index in [1.54, 1.807) is 18.5 Å². The molecule has 3 heterocycles. The molecule has 0 aromatic carbocycles. The summed E-state index contributed by atoms with van der Waals surface area (Å²) in [5.41, 5.74) is -0.0822. The van der Waals surface area contributed by atoms with Crippen molar-refractivity contribution in [1.82, 2.24) is 24.1 Å². The predicted octanol–water partition coefficient (Wildman–Crippen LogP) is 0.00360. The van der Waals surface area contributed by atoms with Crippen molar-refractivity contribution in [3.05, 3.63) is 16.3 Å². The molecule has 0 spiro atoms. The molecule has 0 N–H and O–H groups in total. The van der Waals surface area contributed by atoms with Crippen molar-refractivity contribution in [1.29, 1.82) is 0 Å². The zero-order chi connectivity index (χ0) is 18.1. The highest BCUT2D eigenvalue weighted by molar-refractivity contribution is 5.79. The average molecular weight is 349 g/mol. The van der Waals surface area contributed by atoms with Crippen LogP contribution in [0.2, 0.25) is 0 Å². The van der Waals surface area contributed by atoms with Crippen LogP contribution in [-0.4, -0.2) is 62.1 Å². The molecule has 1 saturated heterocycles. The lowest BCUT2D eigenvalue weighted by Crippen LogP contribution is -2.46. The molecule has 1 unspecified atom stereocenters. The van der Waals surface area contributed by atoms with E-state index in [-0.39, 0.29) is 29.5 Å². The zero-order valence-electron chi connectivity index (χ0n) is 15.3. The lowest BCUT2D eigenvalue weighted by Gasteiger charge is -2.35. The Kier molecular flexibility index (Phi) is 4.96. The molecule has 0 saturated carbocycles. The van der Waals surface area contributed by atoms with Gasteiger partial charge in [-0.25, -0.2) is 9.48 Å². The van der Waals surface area contributed by atoms with Crippen LogP contribution in [0.25, 0.3) is 0 Å². The highest BCUT2D eigenvalue weighted by atomic mass is 16.2. The largest absolute Gasteiger partial charge is 0.345 e. The van der Waals surface area contributed by atoms with Crippen molar-refractivity contribution in [3.8, 4) is 0 Å². The van der Waals surface area contributed by atoms with Gasteiger partial charge in [0.05, 0.1) is 0 Å². The fourth-order valence-electron chi connectivity index (χ4n) is 3.98. The van der Waals surface area contributed by atoms with Gasteiger partial charge in [-0.1, -0.05) is 0 Å². The van der Waals surface area contributed by atoms with Gasteiger partial charge in [0.2, 0.25) is 11.8 Å². The van der Waals surface area contributed by atoms with Crippen LogP contribution in [-0.2, 0) is 29.6 Å². The normalized spacial score (nSPS) is 21.6. The van der Waals surface area contributed by atoms with Gasteiger partial charge in [-0.2, -0.15) is 5.10 Å². The number of carbonyl (C=O) groups excluding carboxylic acids is 2. The second-order valence-corrected chi connectivity index (χ2v) is 7.18. The van der Waals surface area contributed by atoms with E-state index in [1.165, 1.54) is 4.68 Å². The molecule has 138 valence electrons. The number of likely N-dealkylation sites (tertiary alicyclic amines) is 1. The molecule has 2 amide bonds. The Morgan fingerprint density at radius 1 is 1.12 bits per heavy atom. The first-order valence-electron chi connectivity index (χ1n) is 9.03. The summed E-state index contributed by atoms with van der Waals surface area (Å²) >= 11 is 0. The summed E-state index contributed by atoms with van der Waals surface area (Å²) in [6.07, 6.45) is 3.77. The Balaban J connectivity index is 1.60. The molecule has 1 aromatic rings. The maximum Gasteiger partial charge on any atom is 0.345 e. The minimum Gasteiger partial charge on any atom is -0.343 e. The summed E-state index contributed by atoms with van der Waals surface area (Å²) < 4.78 is 3.11. The Labute approximate surface area is 147 Å². The third-order valence-corrected chi connectivity index (χ3v) is 5.66. The fraction of sp³-hybridized carbons (Fsp3) is 0.765. The molecule has 2 aliphatic rings. The summed E-state index contributed by atoms with van der Waals surface area (Å²) in [5.74, 6) is 1.05. The molecule has 25 heavy (non-hydrogen) atoms. The number of amides is 2. The molecule has 2 aliphatic heterocycles. The van der Waals surface area contributed by atoms with Gasteiger partial charge in [0, 0.05) is 59.0 Å². The van der Waals surface area contributed by atoms with Crippen molar-refractivity contribution in [3.63, 3.8) is 0 Å². The smallest absolute Gasteiger partial charge is 0.343 e. The van der Waals surface area contributed by atoms with Crippen molar-refractivity contribution in [2.45, 2.75) is 51.6 Å². The van der Waals surface area contributed by atoms with Gasteiger partial charge in [0.25, 0.3) is 0 Å². The number of fused-ring (bicyclic) bond motifs is 1. The molecule has 1 atom stereocenters. The number of nitrogens with zero attached hydrogens (tertiary/aromatic N) is 5. The molecular formula is C17H27N5O3. The first kappa shape index (κ1) is 17.7. The van der Waals surface area contributed by atoms with Gasteiger partial charge >= 0.3 is 5.69 Å². The number of piperidine rings is 1. The van der Waals surface area contributed by atoms with Crippen LogP contribution in [0.4, 0.5) is 0 Å². The SMILES string of the molecule is CC(=O)N1CCC(C(=O)N(C)C2CCc3nn(C)c(=O)n3CC2)CC1. The van der Waals surface area contributed by atoms with Crippen LogP contribution in [0, 0.1) is 5.92 Å². The minimum absolute atomic E-state index is 0.00577. The van der Waals surface area contributed by atoms with E-state index in [1.807, 2.05) is 16.8 Å². The fourth-order valence-corrected chi connectivity index (χ4v) is 3.98. The quantitative estimate of drug-likeness (QED) is 0.753. The first-order valence-corrected chi connectivity index (χ1v) is 9.03. The summed E-state index contributed by atoms with van der Waals surface area (Å²) in [6, 6.07) is 0.129. The summed E-state index contributed by atoms with van der Waals surface area (Å²) in [5, 5.41) is 4.29. The van der Waals surface area contributed by atoms with Crippen LogP contribution in [0.1, 0.15) is 38.4 Å². The van der Waals surface area contributed by atoms with Gasteiger partial charge in [0.1, 0.15) is 5.82 Å². The van der Waals surface area contributed by atoms with E-state index in [0.29, 0.717) is 26.1 Å². The predicted molar refractivity (Wildman–Crippen MR) is 91.9 cm³/mol. The third kappa shape index (κ3) is 3.48. The summed E-state index contributed by atoms with van der Waals surface area (Å²) in [6.45, 7) is 3.51. The van der Waals surface area contributed by atoms with Gasteiger partial charge in [-0.15, -0.1) is 0 Å². The molecule has 3 rings (SSSR count). The second-order valence-electron chi connectivity index (χ2n) is 7.18. The van der Waals surface area contributed by atoms with E-state index < -0.39 is 0 Å². The third-order valence-electron chi connectivity index (χ3n) is 5.66. The van der Waals surface area contributed by atoms with Crippen molar-refractivity contribution < 1.29 is 9.59 Å². The van der Waals surface area contributed by atoms with Gasteiger partial charge < -0.3 is 9.80 Å². The maximum absolute atomic E-state index is 12.9. The zero-order valence-corrected chi connectivity index (χ0v) is 15.3. The molecule has 1 aromatic heterocycles. The van der Waals surface area contributed by atoms with E-state index in [2.05, 4.69) is 5.10 Å². The van der Waals surface area contributed by atoms with Crippen LogP contribution >= 0.6 is 0 Å². The van der Waals surface area contributed by atoms with E-state index in [9.17, 15) is 14.4 Å². The Hall–Kier alpha value is -2.12. The minimum atomic E-state index is -0.0822. The van der Waals surface area contributed by atoms with Crippen LogP contribution in [0.3, 0.4) is 0 Å². The van der Waals surface area contributed by atoms with Crippen molar-refractivity contribution >= 4 is 11.8 Å². The van der Waals surface area contributed by atoms with Crippen LogP contribution < -0.4 is 5.69 Å². The van der Waals surface area contributed by atoms with Gasteiger partial charge in [-0.05, 0) is 25.7 Å². The molecule has 0 bridgehead atoms. The molecule has 0 aliphatic carbocycles. The lowest BCUT2D eigenvalue weighted by atomic mass is 9.94. The summed E-state index contributed by atoms with van der Waals surface area (Å²) in [7, 11) is 3.54. The average Bonchev–Trinajstić information content (AvgIpc) is 2.77. The van der Waals surface area contributed by atoms with E-state index in [4.69, 9.17) is 0 Å². The number of rotatable bonds is 2. The van der Waals surface area contributed by atoms with Crippen molar-refractivity contribution in [2.75, 3.05) is 20.1 Å². The molecular weight excluding hydrogens is 322 g/mol. The van der Waals surface area contributed by atoms with Gasteiger partial charge in [-0.3, -0.25) is 14.2 Å². The Bertz CT molecular complexity index is 714. The number of aryl methyl sites for hydroxylation is 2. The number of hydrogen-bond donors (Lipinski definition) is 0. The monoisotopic (exact) mass is 349 g/mol. The first-order chi connectivity index (χ1) is 11.9. The molecule has 8 heteroatoms. The molecule has 8 nitrogen and oxygen atoms in total. The Morgan fingerprint density at radius 3 is 2.44 bits per heavy atom. The number of aromatic nitrogens is 3. The van der Waals surface area contributed by atoms with Crippen LogP contribution in [0.5, 0.6) is 0 Å².